The summed E-state index contributed by atoms with van der Waals surface area (Å²) in [5.74, 6) is 0.587. The number of carbonyl (C=O) groups is 3. The maximum atomic E-state index is 13.8. The van der Waals surface area contributed by atoms with Gasteiger partial charge in [-0.25, -0.2) is 0 Å². The summed E-state index contributed by atoms with van der Waals surface area (Å²) in [7, 11) is 0. The van der Waals surface area contributed by atoms with E-state index in [2.05, 4.69) is 4.90 Å². The van der Waals surface area contributed by atoms with Crippen molar-refractivity contribution < 1.29 is 19.1 Å². The minimum atomic E-state index is -0.746. The summed E-state index contributed by atoms with van der Waals surface area (Å²) >= 11 is 0. The molecule has 0 saturated carbocycles. The Kier molecular flexibility index (Phi) is 6.61. The number of piperidine rings is 1. The van der Waals surface area contributed by atoms with Crippen LogP contribution in [0.5, 0.6) is 5.75 Å². The van der Waals surface area contributed by atoms with Crippen molar-refractivity contribution in [3.8, 4) is 5.75 Å². The maximum absolute atomic E-state index is 13.8. The number of nitrogens with zero attached hydrogens (tertiary/aromatic N) is 4. The van der Waals surface area contributed by atoms with E-state index in [-0.39, 0.29) is 30.9 Å². The second-order valence-corrected chi connectivity index (χ2v) is 9.51. The molecule has 3 fully saturated rings. The van der Waals surface area contributed by atoms with E-state index in [1.807, 2.05) is 65.6 Å². The molecule has 3 amide bonds. The van der Waals surface area contributed by atoms with Gasteiger partial charge in [0.25, 0.3) is 11.8 Å². The smallest absolute Gasteiger partial charge is 0.260 e. The van der Waals surface area contributed by atoms with E-state index in [1.54, 1.807) is 9.80 Å². The lowest BCUT2D eigenvalue weighted by molar-refractivity contribution is -0.142. The predicted octanol–water partition coefficient (Wildman–Crippen LogP) is 2.36. The Labute approximate surface area is 206 Å². The highest BCUT2D eigenvalue weighted by atomic mass is 16.5. The van der Waals surface area contributed by atoms with Crippen LogP contribution >= 0.6 is 0 Å². The molecule has 3 heterocycles. The third kappa shape index (κ3) is 4.70. The zero-order chi connectivity index (χ0) is 24.3. The summed E-state index contributed by atoms with van der Waals surface area (Å²) in [6.45, 7) is 2.96. The minimum Gasteiger partial charge on any atom is -0.484 e. The van der Waals surface area contributed by atoms with Crippen LogP contribution in [-0.2, 0) is 14.4 Å². The number of ether oxygens (including phenoxy) is 1. The van der Waals surface area contributed by atoms with Gasteiger partial charge in [-0.05, 0) is 49.9 Å². The van der Waals surface area contributed by atoms with Crippen molar-refractivity contribution in [3.63, 3.8) is 0 Å². The Hall–Kier alpha value is -3.55. The fourth-order valence-electron chi connectivity index (χ4n) is 5.43. The fourth-order valence-corrected chi connectivity index (χ4v) is 5.43. The van der Waals surface area contributed by atoms with E-state index in [0.717, 1.165) is 31.6 Å². The number of benzene rings is 2. The summed E-state index contributed by atoms with van der Waals surface area (Å²) in [6, 6.07) is 19.2. The number of para-hydroxylation sites is 2. The van der Waals surface area contributed by atoms with Gasteiger partial charge in [-0.3, -0.25) is 14.4 Å². The van der Waals surface area contributed by atoms with Crippen molar-refractivity contribution in [2.75, 3.05) is 50.9 Å². The first-order valence-corrected chi connectivity index (χ1v) is 12.4. The zero-order valence-corrected chi connectivity index (χ0v) is 20.0. The molecule has 35 heavy (non-hydrogen) atoms. The molecule has 0 N–H and O–H groups in total. The lowest BCUT2D eigenvalue weighted by Gasteiger charge is -2.43. The Morgan fingerprint density at radius 2 is 1.40 bits per heavy atom. The summed E-state index contributed by atoms with van der Waals surface area (Å²) in [5, 5.41) is 0. The molecule has 0 aromatic heterocycles. The molecule has 0 aliphatic carbocycles. The Balaban J connectivity index is 1.28. The number of likely N-dealkylation sites (tertiary alicyclic amines) is 2. The normalized spacial score (nSPS) is 19.5. The van der Waals surface area contributed by atoms with Gasteiger partial charge in [-0.2, -0.15) is 0 Å². The second-order valence-electron chi connectivity index (χ2n) is 9.51. The van der Waals surface area contributed by atoms with Gasteiger partial charge in [-0.1, -0.05) is 36.4 Å². The summed E-state index contributed by atoms with van der Waals surface area (Å²) in [4.78, 5) is 46.9. The van der Waals surface area contributed by atoms with E-state index in [0.29, 0.717) is 38.3 Å². The number of hydrogen-bond donors (Lipinski definition) is 0. The highest BCUT2D eigenvalue weighted by Crippen LogP contribution is 2.39. The van der Waals surface area contributed by atoms with E-state index in [4.69, 9.17) is 4.74 Å². The molecule has 3 saturated heterocycles. The van der Waals surface area contributed by atoms with E-state index < -0.39 is 5.54 Å². The first kappa shape index (κ1) is 23.2. The van der Waals surface area contributed by atoms with Crippen molar-refractivity contribution in [1.29, 1.82) is 0 Å². The van der Waals surface area contributed by atoms with E-state index in [9.17, 15) is 14.4 Å². The lowest BCUT2D eigenvalue weighted by atomic mass is 9.85. The molecule has 5 rings (SSSR count). The molecule has 8 nitrogen and oxygen atoms in total. The third-order valence-electron chi connectivity index (χ3n) is 7.42. The molecule has 2 aromatic rings. The first-order valence-electron chi connectivity index (χ1n) is 12.4. The van der Waals surface area contributed by atoms with Gasteiger partial charge in [0.1, 0.15) is 17.8 Å². The summed E-state index contributed by atoms with van der Waals surface area (Å²) in [5.41, 5.74) is 0.216. The van der Waals surface area contributed by atoms with E-state index in [1.165, 1.54) is 0 Å². The van der Waals surface area contributed by atoms with Crippen LogP contribution in [0.15, 0.2) is 60.7 Å². The van der Waals surface area contributed by atoms with Gasteiger partial charge in [0.2, 0.25) is 5.91 Å². The SMILES string of the molecule is O=C(COc1ccccc1)N1CCC2(CC1)C(=O)N(CC(=O)N1CCCC1)CN2c1ccccc1. The number of anilines is 1. The van der Waals surface area contributed by atoms with Crippen molar-refractivity contribution in [3.05, 3.63) is 60.7 Å². The van der Waals surface area contributed by atoms with Crippen LogP contribution in [-0.4, -0.2) is 84.0 Å². The van der Waals surface area contributed by atoms with Crippen molar-refractivity contribution in [2.45, 2.75) is 31.2 Å². The Bertz CT molecular complexity index is 1050. The Morgan fingerprint density at radius 1 is 0.800 bits per heavy atom. The van der Waals surface area contributed by atoms with Crippen LogP contribution in [0.4, 0.5) is 5.69 Å². The Morgan fingerprint density at radius 3 is 2.06 bits per heavy atom. The molecular formula is C27H32N4O4. The monoisotopic (exact) mass is 476 g/mol. The molecule has 1 spiro atoms. The van der Waals surface area contributed by atoms with Crippen molar-refractivity contribution in [2.24, 2.45) is 0 Å². The molecule has 2 aromatic carbocycles. The average Bonchev–Trinajstić information content (AvgIpc) is 3.53. The number of carbonyl (C=O) groups excluding carboxylic acids is 3. The largest absolute Gasteiger partial charge is 0.484 e. The van der Waals surface area contributed by atoms with Crippen molar-refractivity contribution in [1.82, 2.24) is 14.7 Å². The highest BCUT2D eigenvalue weighted by molar-refractivity contribution is 5.96. The average molecular weight is 477 g/mol. The number of rotatable bonds is 6. The zero-order valence-electron chi connectivity index (χ0n) is 20.0. The predicted molar refractivity (Wildman–Crippen MR) is 132 cm³/mol. The lowest BCUT2D eigenvalue weighted by Crippen LogP contribution is -2.58. The van der Waals surface area contributed by atoms with Gasteiger partial charge >= 0.3 is 0 Å². The molecule has 8 heteroatoms. The van der Waals surface area contributed by atoms with Crippen LogP contribution in [0, 0.1) is 0 Å². The van der Waals surface area contributed by atoms with Gasteiger partial charge < -0.3 is 24.3 Å². The first-order chi connectivity index (χ1) is 17.1. The quantitative estimate of drug-likeness (QED) is 0.640. The number of amides is 3. The molecule has 3 aliphatic rings. The van der Waals surface area contributed by atoms with Crippen LogP contribution in [0.25, 0.3) is 0 Å². The number of hydrogen-bond acceptors (Lipinski definition) is 5. The van der Waals surface area contributed by atoms with Crippen LogP contribution in [0.2, 0.25) is 0 Å². The summed E-state index contributed by atoms with van der Waals surface area (Å²) in [6.07, 6.45) is 3.09. The standard InChI is InChI=1S/C27H32N4O4/c32-24(28-15-7-8-16-28)19-30-21-31(22-9-3-1-4-10-22)27(26(30)34)13-17-29(18-14-27)25(33)20-35-23-11-5-2-6-12-23/h1-6,9-12H,7-8,13-21H2. The topological polar surface area (TPSA) is 73.4 Å². The third-order valence-corrected chi connectivity index (χ3v) is 7.42. The fraction of sp³-hybridized carbons (Fsp3) is 0.444. The maximum Gasteiger partial charge on any atom is 0.260 e. The van der Waals surface area contributed by atoms with Crippen LogP contribution in [0.3, 0.4) is 0 Å². The highest BCUT2D eigenvalue weighted by Gasteiger charge is 2.54. The molecule has 0 bridgehead atoms. The van der Waals surface area contributed by atoms with Crippen molar-refractivity contribution >= 4 is 23.4 Å². The summed E-state index contributed by atoms with van der Waals surface area (Å²) < 4.78 is 5.64. The van der Waals surface area contributed by atoms with Gasteiger partial charge in [0.15, 0.2) is 6.61 Å². The van der Waals surface area contributed by atoms with Gasteiger partial charge in [-0.15, -0.1) is 0 Å². The molecule has 0 unspecified atom stereocenters. The molecule has 3 aliphatic heterocycles. The van der Waals surface area contributed by atoms with Crippen LogP contribution < -0.4 is 9.64 Å². The molecule has 0 atom stereocenters. The van der Waals surface area contributed by atoms with Crippen LogP contribution in [0.1, 0.15) is 25.7 Å². The minimum absolute atomic E-state index is 0.0125. The van der Waals surface area contributed by atoms with E-state index >= 15 is 0 Å². The van der Waals surface area contributed by atoms with Gasteiger partial charge in [0, 0.05) is 31.9 Å². The molecular weight excluding hydrogens is 444 g/mol. The molecule has 0 radical (unpaired) electrons. The second kappa shape index (κ2) is 9.98. The van der Waals surface area contributed by atoms with Gasteiger partial charge in [0.05, 0.1) is 6.67 Å². The molecule has 184 valence electrons.